The second-order valence-corrected chi connectivity index (χ2v) is 9.76. The molecule has 2 heterocycles. The van der Waals surface area contributed by atoms with Crippen molar-refractivity contribution < 1.29 is 22.9 Å². The number of halogens is 2. The highest BCUT2D eigenvalue weighted by molar-refractivity contribution is 5.94. The van der Waals surface area contributed by atoms with Crippen LogP contribution in [0.3, 0.4) is 0 Å². The van der Waals surface area contributed by atoms with Crippen LogP contribution in [0.5, 0.6) is 0 Å². The van der Waals surface area contributed by atoms with Gasteiger partial charge in [-0.3, -0.25) is 14.5 Å². The molecule has 1 fully saturated rings. The van der Waals surface area contributed by atoms with Crippen molar-refractivity contribution in [3.8, 4) is 11.3 Å². The molecule has 0 spiro atoms. The molecule has 2 atom stereocenters. The Labute approximate surface area is 215 Å². The van der Waals surface area contributed by atoms with E-state index in [2.05, 4.69) is 29.2 Å². The van der Waals surface area contributed by atoms with Crippen molar-refractivity contribution in [2.75, 3.05) is 26.7 Å². The first-order valence-corrected chi connectivity index (χ1v) is 12.5. The SMILES string of the molecule is CC(C)N1CC[C@H](NC(=O)c2cc(-c3ccc(F)cc3F)on2)[C@@H](C(=O)N(C)CCc2ccccc2)C1. The lowest BCUT2D eigenvalue weighted by Crippen LogP contribution is -2.57. The van der Waals surface area contributed by atoms with Gasteiger partial charge in [0.15, 0.2) is 11.5 Å². The number of hydrogen-bond acceptors (Lipinski definition) is 5. The Bertz CT molecular complexity index is 1230. The van der Waals surface area contributed by atoms with Crippen molar-refractivity contribution in [3.63, 3.8) is 0 Å². The molecule has 7 nitrogen and oxygen atoms in total. The highest BCUT2D eigenvalue weighted by Gasteiger charge is 2.37. The van der Waals surface area contributed by atoms with E-state index in [0.717, 1.165) is 30.7 Å². The van der Waals surface area contributed by atoms with Crippen LogP contribution in [0.4, 0.5) is 8.78 Å². The maximum absolute atomic E-state index is 14.1. The Kier molecular flexibility index (Phi) is 8.33. The van der Waals surface area contributed by atoms with E-state index in [-0.39, 0.29) is 29.0 Å². The molecule has 1 aromatic heterocycles. The van der Waals surface area contributed by atoms with Crippen LogP contribution in [0.2, 0.25) is 0 Å². The number of carbonyl (C=O) groups excluding carboxylic acids is 2. The van der Waals surface area contributed by atoms with Crippen molar-refractivity contribution in [3.05, 3.63) is 77.5 Å². The average Bonchev–Trinajstić information content (AvgIpc) is 3.37. The molecule has 1 aliphatic rings. The van der Waals surface area contributed by atoms with E-state index in [1.807, 2.05) is 30.3 Å². The molecular weight excluding hydrogens is 478 g/mol. The molecule has 1 saturated heterocycles. The van der Waals surface area contributed by atoms with Crippen molar-refractivity contribution in [1.82, 2.24) is 20.3 Å². The number of aromatic nitrogens is 1. The number of carbonyl (C=O) groups is 2. The van der Waals surface area contributed by atoms with Crippen LogP contribution in [-0.4, -0.2) is 65.5 Å². The van der Waals surface area contributed by atoms with E-state index in [9.17, 15) is 18.4 Å². The van der Waals surface area contributed by atoms with Crippen LogP contribution in [0.25, 0.3) is 11.3 Å². The lowest BCUT2D eigenvalue weighted by atomic mass is 9.89. The first-order chi connectivity index (χ1) is 17.7. The van der Waals surface area contributed by atoms with E-state index in [4.69, 9.17) is 4.52 Å². The predicted octanol–water partition coefficient (Wildman–Crippen LogP) is 4.15. The molecule has 0 radical (unpaired) electrons. The number of nitrogens with zero attached hydrogens (tertiary/aromatic N) is 3. The first kappa shape index (κ1) is 26.5. The van der Waals surface area contributed by atoms with Gasteiger partial charge in [-0.25, -0.2) is 8.78 Å². The summed E-state index contributed by atoms with van der Waals surface area (Å²) in [5.41, 5.74) is 1.12. The summed E-state index contributed by atoms with van der Waals surface area (Å²) in [5.74, 6) is -2.47. The monoisotopic (exact) mass is 510 g/mol. The van der Waals surface area contributed by atoms with Crippen LogP contribution in [0, 0.1) is 17.6 Å². The van der Waals surface area contributed by atoms with Crippen molar-refractivity contribution >= 4 is 11.8 Å². The Morgan fingerprint density at radius 1 is 1.16 bits per heavy atom. The maximum atomic E-state index is 14.1. The summed E-state index contributed by atoms with van der Waals surface area (Å²) < 4.78 is 32.5. The minimum Gasteiger partial charge on any atom is -0.355 e. The minimum absolute atomic E-state index is 0.00582. The minimum atomic E-state index is -0.812. The normalized spacial score (nSPS) is 18.1. The number of likely N-dealkylation sites (N-methyl/N-ethyl adjacent to an activating group) is 1. The molecule has 4 rings (SSSR count). The maximum Gasteiger partial charge on any atom is 0.273 e. The van der Waals surface area contributed by atoms with E-state index >= 15 is 0 Å². The molecule has 0 aliphatic carbocycles. The second kappa shape index (κ2) is 11.6. The molecule has 0 bridgehead atoms. The van der Waals surface area contributed by atoms with Gasteiger partial charge < -0.3 is 14.7 Å². The average molecular weight is 511 g/mol. The first-order valence-electron chi connectivity index (χ1n) is 12.5. The zero-order chi connectivity index (χ0) is 26.5. The fraction of sp³-hybridized carbons (Fsp3) is 0.393. The van der Waals surface area contributed by atoms with Crippen molar-refractivity contribution in [2.45, 2.75) is 38.8 Å². The fourth-order valence-corrected chi connectivity index (χ4v) is 4.64. The van der Waals surface area contributed by atoms with E-state index in [1.54, 1.807) is 11.9 Å². The van der Waals surface area contributed by atoms with E-state index in [0.29, 0.717) is 19.5 Å². The van der Waals surface area contributed by atoms with E-state index in [1.165, 1.54) is 12.1 Å². The summed E-state index contributed by atoms with van der Waals surface area (Å²) >= 11 is 0. The van der Waals surface area contributed by atoms with Crippen molar-refractivity contribution in [1.29, 1.82) is 0 Å². The molecular formula is C28H32F2N4O3. The van der Waals surface area contributed by atoms with Gasteiger partial charge in [-0.2, -0.15) is 0 Å². The Morgan fingerprint density at radius 2 is 1.92 bits per heavy atom. The third kappa shape index (κ3) is 6.40. The third-order valence-electron chi connectivity index (χ3n) is 6.90. The van der Waals surface area contributed by atoms with Gasteiger partial charge in [0.25, 0.3) is 5.91 Å². The highest BCUT2D eigenvalue weighted by atomic mass is 19.1. The second-order valence-electron chi connectivity index (χ2n) is 9.76. The van der Waals surface area contributed by atoms with Gasteiger partial charge in [-0.15, -0.1) is 0 Å². The number of benzene rings is 2. The number of rotatable bonds is 8. The van der Waals surface area contributed by atoms with Gasteiger partial charge in [0.2, 0.25) is 5.91 Å². The molecule has 37 heavy (non-hydrogen) atoms. The lowest BCUT2D eigenvalue weighted by Gasteiger charge is -2.41. The number of nitrogens with one attached hydrogen (secondary N) is 1. The number of hydrogen-bond donors (Lipinski definition) is 1. The molecule has 1 aliphatic heterocycles. The van der Waals surface area contributed by atoms with Crippen LogP contribution >= 0.6 is 0 Å². The summed E-state index contributed by atoms with van der Waals surface area (Å²) in [4.78, 5) is 30.5. The summed E-state index contributed by atoms with van der Waals surface area (Å²) in [6.45, 7) is 6.01. The predicted molar refractivity (Wildman–Crippen MR) is 136 cm³/mol. The Balaban J connectivity index is 1.46. The molecule has 2 amide bonds. The summed E-state index contributed by atoms with van der Waals surface area (Å²) in [6, 6.07) is 14.3. The topological polar surface area (TPSA) is 78.7 Å². The largest absolute Gasteiger partial charge is 0.355 e. The number of piperidine rings is 1. The van der Waals surface area contributed by atoms with Crippen molar-refractivity contribution in [2.24, 2.45) is 5.92 Å². The molecule has 3 aromatic rings. The van der Waals surface area contributed by atoms with Gasteiger partial charge in [-0.1, -0.05) is 35.5 Å². The standard InChI is InChI=1S/C28H32F2N4O3/c1-18(2)34-14-12-24(22(17-34)28(36)33(3)13-11-19-7-5-4-6-8-19)31-27(35)25-16-26(37-32-25)21-10-9-20(29)15-23(21)30/h4-10,15-16,18,22,24H,11-14,17H2,1-3H3,(H,31,35)/t22-,24-/m0/s1. The third-order valence-corrected chi connectivity index (χ3v) is 6.90. The van der Waals surface area contributed by atoms with Gasteiger partial charge >= 0.3 is 0 Å². The zero-order valence-corrected chi connectivity index (χ0v) is 21.3. The molecule has 0 unspecified atom stereocenters. The van der Waals surface area contributed by atoms with Gasteiger partial charge in [-0.05, 0) is 44.4 Å². The van der Waals surface area contributed by atoms with Crippen LogP contribution in [0.1, 0.15) is 36.3 Å². The summed E-state index contributed by atoms with van der Waals surface area (Å²) in [7, 11) is 1.79. The van der Waals surface area contributed by atoms with Gasteiger partial charge in [0.1, 0.15) is 11.6 Å². The van der Waals surface area contributed by atoms with Crippen LogP contribution in [0.15, 0.2) is 59.1 Å². The smallest absolute Gasteiger partial charge is 0.273 e. The molecule has 1 N–H and O–H groups in total. The zero-order valence-electron chi connectivity index (χ0n) is 21.3. The number of amides is 2. The number of likely N-dealkylation sites (tertiary alicyclic amines) is 1. The quantitative estimate of drug-likeness (QED) is 0.493. The van der Waals surface area contributed by atoms with Gasteiger partial charge in [0, 0.05) is 50.9 Å². The van der Waals surface area contributed by atoms with Gasteiger partial charge in [0.05, 0.1) is 11.5 Å². The van der Waals surface area contributed by atoms with Crippen LogP contribution in [-0.2, 0) is 11.2 Å². The molecule has 196 valence electrons. The highest BCUT2D eigenvalue weighted by Crippen LogP contribution is 2.25. The summed E-state index contributed by atoms with van der Waals surface area (Å²) in [5, 5.41) is 6.73. The molecule has 2 aromatic carbocycles. The Morgan fingerprint density at radius 3 is 2.62 bits per heavy atom. The molecule has 0 saturated carbocycles. The Hall–Kier alpha value is -3.59. The molecule has 9 heteroatoms. The summed E-state index contributed by atoms with van der Waals surface area (Å²) in [6.07, 6.45) is 1.34. The lowest BCUT2D eigenvalue weighted by molar-refractivity contribution is -0.137. The fourth-order valence-electron chi connectivity index (χ4n) is 4.64. The van der Waals surface area contributed by atoms with E-state index < -0.39 is 29.5 Å². The van der Waals surface area contributed by atoms with Crippen LogP contribution < -0.4 is 5.32 Å².